The van der Waals surface area contributed by atoms with Gasteiger partial charge in [0.1, 0.15) is 11.4 Å². The molecule has 0 spiro atoms. The summed E-state index contributed by atoms with van der Waals surface area (Å²) in [6, 6.07) is 0. The Hall–Kier alpha value is -0.170. The highest BCUT2D eigenvalue weighted by molar-refractivity contribution is 14.1. The number of fused-ring (bicyclic) bond motifs is 5. The van der Waals surface area contributed by atoms with E-state index in [1.807, 2.05) is 0 Å². The van der Waals surface area contributed by atoms with E-state index in [1.165, 1.54) is 6.92 Å². The third kappa shape index (κ3) is 3.52. The monoisotopic (exact) mass is 462 g/mol. The zero-order valence-electron chi connectivity index (χ0n) is 15.8. The molecule has 2 aliphatic heterocycles. The van der Waals surface area contributed by atoms with Crippen molar-refractivity contribution in [2.75, 3.05) is 4.43 Å². The fraction of sp³-hybridized carbons (Fsp3) is 0.900. The van der Waals surface area contributed by atoms with E-state index in [4.69, 9.17) is 9.47 Å². The second-order valence-corrected chi connectivity index (χ2v) is 9.78. The number of ketones is 1. The maximum atomic E-state index is 12.8. The average molecular weight is 462 g/mol. The molecule has 1 aliphatic carbocycles. The average Bonchev–Trinajstić information content (AvgIpc) is 2.82. The van der Waals surface area contributed by atoms with Crippen molar-refractivity contribution in [3.63, 3.8) is 0 Å². The number of halogens is 1. The molecule has 1 saturated carbocycles. The summed E-state index contributed by atoms with van der Waals surface area (Å²) in [6.45, 7) is 8.11. The first-order chi connectivity index (χ1) is 11.8. The molecule has 3 rings (SSSR count). The minimum absolute atomic E-state index is 0.0155. The molecule has 0 amide bonds. The van der Waals surface area contributed by atoms with E-state index in [-0.39, 0.29) is 30.0 Å². The van der Waals surface area contributed by atoms with Crippen LogP contribution in [0, 0.1) is 29.6 Å². The summed E-state index contributed by atoms with van der Waals surface area (Å²) >= 11 is 2.38. The van der Waals surface area contributed by atoms with Crippen molar-refractivity contribution in [3.05, 3.63) is 0 Å². The van der Waals surface area contributed by atoms with Gasteiger partial charge in [-0.05, 0) is 54.8 Å². The van der Waals surface area contributed by atoms with E-state index in [2.05, 4.69) is 43.4 Å². The summed E-state index contributed by atoms with van der Waals surface area (Å²) in [6.07, 6.45) is 4.33. The third-order valence-corrected chi connectivity index (χ3v) is 7.56. The molecule has 2 bridgehead atoms. The molecule has 0 N–H and O–H groups in total. The topological polar surface area (TPSA) is 52.6 Å². The van der Waals surface area contributed by atoms with Gasteiger partial charge in [-0.15, -0.1) is 0 Å². The van der Waals surface area contributed by atoms with Crippen molar-refractivity contribution < 1.29 is 19.1 Å². The molecular formula is C20H31IO4. The maximum Gasteiger partial charge on any atom is 0.303 e. The standard InChI is InChI=1S/C20H31IO4/c1-11(2)13-7-8-20(4,25-12(3)22)18-16-10-15(23)14(6-5-9-21)19(24-16)17(13)18/h11,13-14,16-19H,5-10H2,1-4H3/t13-,14+,16-,17-,18-,19+,20-/m1/s1. The second-order valence-electron chi connectivity index (χ2n) is 8.70. The van der Waals surface area contributed by atoms with Gasteiger partial charge in [0.25, 0.3) is 0 Å². The Balaban J connectivity index is 1.95. The molecule has 0 radical (unpaired) electrons. The van der Waals surface area contributed by atoms with E-state index in [1.54, 1.807) is 0 Å². The summed E-state index contributed by atoms with van der Waals surface area (Å²) in [5, 5.41) is 0. The van der Waals surface area contributed by atoms with Gasteiger partial charge in [0.15, 0.2) is 0 Å². The molecular weight excluding hydrogens is 431 g/mol. The Bertz CT molecular complexity index is 534. The predicted molar refractivity (Wildman–Crippen MR) is 105 cm³/mol. The van der Waals surface area contributed by atoms with Crippen LogP contribution in [-0.2, 0) is 19.1 Å². The second kappa shape index (κ2) is 7.45. The molecule has 5 heteroatoms. The van der Waals surface area contributed by atoms with E-state index >= 15 is 0 Å². The first-order valence-corrected chi connectivity index (χ1v) is 11.2. The third-order valence-electron chi connectivity index (χ3n) is 6.79. The number of alkyl halides is 1. The van der Waals surface area contributed by atoms with Gasteiger partial charge in [-0.25, -0.2) is 0 Å². The summed E-state index contributed by atoms with van der Waals surface area (Å²) in [7, 11) is 0. The Kier molecular flexibility index (Phi) is 5.84. The van der Waals surface area contributed by atoms with Gasteiger partial charge in [0, 0.05) is 25.2 Å². The molecule has 4 nitrogen and oxygen atoms in total. The highest BCUT2D eigenvalue weighted by Crippen LogP contribution is 2.58. The van der Waals surface area contributed by atoms with Crippen molar-refractivity contribution in [2.24, 2.45) is 29.6 Å². The summed E-state index contributed by atoms with van der Waals surface area (Å²) in [5.41, 5.74) is -0.500. The van der Waals surface area contributed by atoms with E-state index < -0.39 is 5.60 Å². The fourth-order valence-electron chi connectivity index (χ4n) is 5.87. The molecule has 2 heterocycles. The number of carbonyl (C=O) groups is 2. The molecule has 3 aliphatic rings. The lowest BCUT2D eigenvalue weighted by Gasteiger charge is -2.48. The van der Waals surface area contributed by atoms with Gasteiger partial charge in [-0.1, -0.05) is 36.4 Å². The summed E-state index contributed by atoms with van der Waals surface area (Å²) in [5.74, 6) is 1.74. The van der Waals surface area contributed by atoms with Crippen LogP contribution in [0.4, 0.5) is 0 Å². The Morgan fingerprint density at radius 3 is 2.76 bits per heavy atom. The van der Waals surface area contributed by atoms with Gasteiger partial charge in [-0.2, -0.15) is 0 Å². The lowest BCUT2D eigenvalue weighted by molar-refractivity contribution is -0.173. The Morgan fingerprint density at radius 1 is 1.44 bits per heavy atom. The van der Waals surface area contributed by atoms with Crippen LogP contribution in [0.15, 0.2) is 0 Å². The molecule has 7 atom stereocenters. The first kappa shape index (κ1) is 19.6. The van der Waals surface area contributed by atoms with E-state index in [0.717, 1.165) is 30.1 Å². The molecule has 0 aromatic rings. The number of Topliss-reactive ketones (excluding diaryl/α,β-unsaturated/α-hetero) is 1. The van der Waals surface area contributed by atoms with Crippen LogP contribution in [0.1, 0.15) is 59.8 Å². The lowest BCUT2D eigenvalue weighted by atomic mass is 9.59. The van der Waals surface area contributed by atoms with Crippen LogP contribution in [0.2, 0.25) is 0 Å². The van der Waals surface area contributed by atoms with Gasteiger partial charge in [-0.3, -0.25) is 9.59 Å². The predicted octanol–water partition coefficient (Wildman–Crippen LogP) is 4.18. The Morgan fingerprint density at radius 2 is 2.16 bits per heavy atom. The van der Waals surface area contributed by atoms with Crippen molar-refractivity contribution in [3.8, 4) is 0 Å². The van der Waals surface area contributed by atoms with Crippen LogP contribution >= 0.6 is 22.6 Å². The molecule has 142 valence electrons. The number of rotatable bonds is 5. The Labute approximate surface area is 164 Å². The van der Waals surface area contributed by atoms with Crippen LogP contribution in [0.3, 0.4) is 0 Å². The van der Waals surface area contributed by atoms with Crippen LogP contribution in [0.25, 0.3) is 0 Å². The SMILES string of the molecule is CC(=O)O[C@]1(C)CC[C@H](C(C)C)[C@H]2[C@H]3O[C@H](CC(=O)[C@@H]3CCCI)[C@H]21. The van der Waals surface area contributed by atoms with E-state index in [9.17, 15) is 9.59 Å². The van der Waals surface area contributed by atoms with Crippen molar-refractivity contribution in [1.82, 2.24) is 0 Å². The first-order valence-electron chi connectivity index (χ1n) is 9.72. The van der Waals surface area contributed by atoms with E-state index in [0.29, 0.717) is 30.0 Å². The number of hydrogen-bond acceptors (Lipinski definition) is 4. The summed E-state index contributed by atoms with van der Waals surface area (Å²) < 4.78 is 13.4. The van der Waals surface area contributed by atoms with Crippen LogP contribution < -0.4 is 0 Å². The van der Waals surface area contributed by atoms with Gasteiger partial charge < -0.3 is 9.47 Å². The van der Waals surface area contributed by atoms with Crippen LogP contribution in [-0.4, -0.2) is 34.0 Å². The van der Waals surface area contributed by atoms with Crippen LogP contribution in [0.5, 0.6) is 0 Å². The molecule has 0 unspecified atom stereocenters. The number of ether oxygens (including phenoxy) is 2. The smallest absolute Gasteiger partial charge is 0.303 e. The number of esters is 1. The lowest BCUT2D eigenvalue weighted by Crippen LogP contribution is -2.52. The quantitative estimate of drug-likeness (QED) is 0.350. The fourth-order valence-corrected chi connectivity index (χ4v) is 6.31. The van der Waals surface area contributed by atoms with Gasteiger partial charge >= 0.3 is 5.97 Å². The van der Waals surface area contributed by atoms with Crippen molar-refractivity contribution in [1.29, 1.82) is 0 Å². The zero-order chi connectivity index (χ0) is 18.4. The minimum Gasteiger partial charge on any atom is -0.459 e. The highest BCUT2D eigenvalue weighted by Gasteiger charge is 2.63. The van der Waals surface area contributed by atoms with Crippen molar-refractivity contribution in [2.45, 2.75) is 77.6 Å². The highest BCUT2D eigenvalue weighted by atomic mass is 127. The normalized spacial score (nSPS) is 43.2. The summed E-state index contributed by atoms with van der Waals surface area (Å²) in [4.78, 5) is 24.6. The zero-order valence-corrected chi connectivity index (χ0v) is 18.0. The minimum atomic E-state index is -0.500. The molecule has 3 fully saturated rings. The molecule has 0 aromatic heterocycles. The molecule has 25 heavy (non-hydrogen) atoms. The largest absolute Gasteiger partial charge is 0.459 e. The van der Waals surface area contributed by atoms with Gasteiger partial charge in [0.05, 0.1) is 12.2 Å². The van der Waals surface area contributed by atoms with Crippen molar-refractivity contribution >= 4 is 34.3 Å². The maximum absolute atomic E-state index is 12.8. The number of carbonyl (C=O) groups excluding carboxylic acids is 2. The molecule has 0 aromatic carbocycles. The molecule has 2 saturated heterocycles. The number of hydrogen-bond donors (Lipinski definition) is 0. The van der Waals surface area contributed by atoms with Gasteiger partial charge in [0.2, 0.25) is 0 Å².